The van der Waals surface area contributed by atoms with E-state index in [1.807, 2.05) is 38.1 Å². The first kappa shape index (κ1) is 14.8. The van der Waals surface area contributed by atoms with Gasteiger partial charge in [-0.05, 0) is 54.8 Å². The molecule has 3 N–H and O–H groups in total. The van der Waals surface area contributed by atoms with Crippen molar-refractivity contribution in [1.82, 2.24) is 0 Å². The van der Waals surface area contributed by atoms with E-state index in [4.69, 9.17) is 5.73 Å². The number of hydrogen-bond acceptors (Lipinski definition) is 2. The number of aryl methyl sites for hydroxylation is 2. The Morgan fingerprint density at radius 3 is 2.20 bits per heavy atom. The first-order chi connectivity index (χ1) is 9.51. The second-order valence-electron chi connectivity index (χ2n) is 4.78. The fourth-order valence-electron chi connectivity index (χ4n) is 2.01. The van der Waals surface area contributed by atoms with Gasteiger partial charge in [-0.2, -0.15) is 0 Å². The number of amides is 1. The van der Waals surface area contributed by atoms with Crippen molar-refractivity contribution in [2.45, 2.75) is 20.4 Å². The van der Waals surface area contributed by atoms with E-state index in [1.165, 1.54) is 0 Å². The molecular formula is C16H17BrN2O. The number of benzene rings is 2. The summed E-state index contributed by atoms with van der Waals surface area (Å²) in [6.07, 6.45) is 0. The number of halogens is 1. The monoisotopic (exact) mass is 332 g/mol. The Morgan fingerprint density at radius 1 is 1.15 bits per heavy atom. The van der Waals surface area contributed by atoms with Crippen LogP contribution >= 0.6 is 15.9 Å². The highest BCUT2D eigenvalue weighted by Gasteiger charge is 2.08. The molecule has 2 aromatic carbocycles. The molecule has 104 valence electrons. The second kappa shape index (κ2) is 6.20. The van der Waals surface area contributed by atoms with E-state index < -0.39 is 0 Å². The number of hydrogen-bond donors (Lipinski definition) is 2. The number of nitrogens with two attached hydrogens (primary N) is 1. The third-order valence-electron chi connectivity index (χ3n) is 3.15. The molecule has 20 heavy (non-hydrogen) atoms. The van der Waals surface area contributed by atoms with Crippen molar-refractivity contribution in [2.75, 3.05) is 5.32 Å². The molecule has 0 radical (unpaired) electrons. The molecule has 0 spiro atoms. The minimum atomic E-state index is -0.116. The van der Waals surface area contributed by atoms with Gasteiger partial charge in [0.25, 0.3) is 5.91 Å². The van der Waals surface area contributed by atoms with Crippen molar-refractivity contribution in [2.24, 2.45) is 5.73 Å². The van der Waals surface area contributed by atoms with Crippen molar-refractivity contribution >= 4 is 27.5 Å². The number of nitrogens with one attached hydrogen (secondary N) is 1. The highest BCUT2D eigenvalue weighted by molar-refractivity contribution is 9.10. The molecule has 2 aromatic rings. The first-order valence-electron chi connectivity index (χ1n) is 6.38. The van der Waals surface area contributed by atoms with Crippen LogP contribution in [-0.2, 0) is 6.54 Å². The van der Waals surface area contributed by atoms with Gasteiger partial charge in [0.05, 0.1) is 0 Å². The van der Waals surface area contributed by atoms with Crippen molar-refractivity contribution in [3.8, 4) is 0 Å². The summed E-state index contributed by atoms with van der Waals surface area (Å²) in [6.45, 7) is 4.48. The van der Waals surface area contributed by atoms with Crippen molar-refractivity contribution < 1.29 is 4.79 Å². The van der Waals surface area contributed by atoms with Crippen LogP contribution in [-0.4, -0.2) is 5.91 Å². The van der Waals surface area contributed by atoms with Gasteiger partial charge in [0.1, 0.15) is 0 Å². The molecule has 0 heterocycles. The standard InChI is InChI=1S/C16H17BrN2O/c1-10-7-14(8-11(2)15(10)17)19-16(20)13-5-3-12(9-18)4-6-13/h3-8H,9,18H2,1-2H3,(H,19,20). The van der Waals surface area contributed by atoms with Crippen LogP contribution in [0.5, 0.6) is 0 Å². The van der Waals surface area contributed by atoms with E-state index in [0.29, 0.717) is 12.1 Å². The number of carbonyl (C=O) groups excluding carboxylic acids is 1. The molecular weight excluding hydrogens is 316 g/mol. The van der Waals surface area contributed by atoms with Gasteiger partial charge in [-0.3, -0.25) is 4.79 Å². The first-order valence-corrected chi connectivity index (χ1v) is 7.17. The van der Waals surface area contributed by atoms with E-state index in [9.17, 15) is 4.79 Å². The minimum absolute atomic E-state index is 0.116. The normalized spacial score (nSPS) is 10.4. The Hall–Kier alpha value is -1.65. The summed E-state index contributed by atoms with van der Waals surface area (Å²) >= 11 is 3.52. The van der Waals surface area contributed by atoms with Crippen LogP contribution in [0.3, 0.4) is 0 Å². The SMILES string of the molecule is Cc1cc(NC(=O)c2ccc(CN)cc2)cc(C)c1Br. The second-order valence-corrected chi connectivity index (χ2v) is 5.57. The van der Waals surface area contributed by atoms with E-state index in [-0.39, 0.29) is 5.91 Å². The predicted octanol–water partition coefficient (Wildman–Crippen LogP) is 3.78. The molecule has 0 atom stereocenters. The van der Waals surface area contributed by atoms with Gasteiger partial charge in [0.15, 0.2) is 0 Å². The van der Waals surface area contributed by atoms with Crippen LogP contribution in [0.1, 0.15) is 27.0 Å². The smallest absolute Gasteiger partial charge is 0.255 e. The molecule has 3 nitrogen and oxygen atoms in total. The van der Waals surface area contributed by atoms with Gasteiger partial charge < -0.3 is 11.1 Å². The highest BCUT2D eigenvalue weighted by atomic mass is 79.9. The van der Waals surface area contributed by atoms with Gasteiger partial charge in [-0.1, -0.05) is 28.1 Å². The van der Waals surface area contributed by atoms with Crippen molar-refractivity contribution in [1.29, 1.82) is 0 Å². The molecule has 0 saturated carbocycles. The van der Waals surface area contributed by atoms with Crippen LogP contribution in [0.15, 0.2) is 40.9 Å². The maximum atomic E-state index is 12.2. The number of carbonyl (C=O) groups is 1. The predicted molar refractivity (Wildman–Crippen MR) is 85.9 cm³/mol. The van der Waals surface area contributed by atoms with Crippen LogP contribution < -0.4 is 11.1 Å². The Labute approximate surface area is 127 Å². The lowest BCUT2D eigenvalue weighted by atomic mass is 10.1. The molecule has 0 saturated heterocycles. The fraction of sp³-hybridized carbons (Fsp3) is 0.188. The average Bonchev–Trinajstić information content (AvgIpc) is 2.44. The van der Waals surface area contributed by atoms with Gasteiger partial charge in [0.2, 0.25) is 0 Å². The third-order valence-corrected chi connectivity index (χ3v) is 4.40. The lowest BCUT2D eigenvalue weighted by molar-refractivity contribution is 0.102. The molecule has 4 heteroatoms. The van der Waals surface area contributed by atoms with Gasteiger partial charge >= 0.3 is 0 Å². The molecule has 0 aliphatic carbocycles. The average molecular weight is 333 g/mol. The molecule has 0 aromatic heterocycles. The molecule has 0 fully saturated rings. The van der Waals surface area contributed by atoms with E-state index >= 15 is 0 Å². The Kier molecular flexibility index (Phi) is 4.57. The van der Waals surface area contributed by atoms with Crippen molar-refractivity contribution in [3.63, 3.8) is 0 Å². The summed E-state index contributed by atoms with van der Waals surface area (Å²) < 4.78 is 1.07. The summed E-state index contributed by atoms with van der Waals surface area (Å²) in [4.78, 5) is 12.2. The Bertz CT molecular complexity index is 612. The van der Waals surface area contributed by atoms with E-state index in [2.05, 4.69) is 21.2 Å². The van der Waals surface area contributed by atoms with Gasteiger partial charge in [-0.15, -0.1) is 0 Å². The van der Waals surface area contributed by atoms with Crippen LogP contribution in [0, 0.1) is 13.8 Å². The third kappa shape index (κ3) is 3.26. The maximum absolute atomic E-state index is 12.2. The fourth-order valence-corrected chi connectivity index (χ4v) is 2.24. The maximum Gasteiger partial charge on any atom is 0.255 e. The number of anilines is 1. The van der Waals surface area contributed by atoms with Crippen molar-refractivity contribution in [3.05, 3.63) is 63.1 Å². The zero-order valence-electron chi connectivity index (χ0n) is 11.5. The Morgan fingerprint density at radius 2 is 1.70 bits per heavy atom. The lowest BCUT2D eigenvalue weighted by Gasteiger charge is -2.10. The quantitative estimate of drug-likeness (QED) is 0.898. The summed E-state index contributed by atoms with van der Waals surface area (Å²) in [6, 6.07) is 11.2. The molecule has 1 amide bonds. The molecule has 0 aliphatic heterocycles. The van der Waals surface area contributed by atoms with Gasteiger partial charge in [-0.25, -0.2) is 0 Å². The topological polar surface area (TPSA) is 55.1 Å². The number of rotatable bonds is 3. The minimum Gasteiger partial charge on any atom is -0.326 e. The van der Waals surface area contributed by atoms with Crippen LogP contribution in [0.25, 0.3) is 0 Å². The molecule has 0 aliphatic rings. The lowest BCUT2D eigenvalue weighted by Crippen LogP contribution is -2.12. The highest BCUT2D eigenvalue weighted by Crippen LogP contribution is 2.25. The summed E-state index contributed by atoms with van der Waals surface area (Å²) in [5.41, 5.74) is 10.2. The summed E-state index contributed by atoms with van der Waals surface area (Å²) in [5, 5.41) is 2.91. The summed E-state index contributed by atoms with van der Waals surface area (Å²) in [5.74, 6) is -0.116. The molecule has 2 rings (SSSR count). The van der Waals surface area contributed by atoms with Crippen LogP contribution in [0.2, 0.25) is 0 Å². The van der Waals surface area contributed by atoms with E-state index in [0.717, 1.165) is 26.9 Å². The van der Waals surface area contributed by atoms with Crippen LogP contribution in [0.4, 0.5) is 5.69 Å². The van der Waals surface area contributed by atoms with Gasteiger partial charge in [0, 0.05) is 22.3 Å². The Balaban J connectivity index is 2.18. The summed E-state index contributed by atoms with van der Waals surface area (Å²) in [7, 11) is 0. The molecule has 0 bridgehead atoms. The van der Waals surface area contributed by atoms with E-state index in [1.54, 1.807) is 12.1 Å². The molecule has 0 unspecified atom stereocenters. The zero-order valence-corrected chi connectivity index (χ0v) is 13.1. The largest absolute Gasteiger partial charge is 0.326 e. The zero-order chi connectivity index (χ0) is 14.7.